The molecule has 0 aromatic carbocycles. The van der Waals surface area contributed by atoms with Crippen molar-refractivity contribution in [3.8, 4) is 0 Å². The third-order valence-electron chi connectivity index (χ3n) is 5.23. The Labute approximate surface area is 123 Å². The number of hydrogen-bond acceptors (Lipinski definition) is 2. The van der Waals surface area contributed by atoms with Crippen LogP contribution in [-0.2, 0) is 13.0 Å². The van der Waals surface area contributed by atoms with Crippen LogP contribution in [0.4, 0.5) is 0 Å². The van der Waals surface area contributed by atoms with Gasteiger partial charge in [-0.05, 0) is 63.6 Å². The quantitative estimate of drug-likeness (QED) is 0.916. The minimum atomic E-state index is 0.280. The standard InChI is InChI=1S/C17H29N3/c1-14-6-2-3-10-19(14)11-5-12-20-13-9-15-16(18)7-4-8-17(15)20/h9,13-14,16H,2-8,10-12,18H2,1H3. The summed E-state index contributed by atoms with van der Waals surface area (Å²) in [6, 6.07) is 3.32. The summed E-state index contributed by atoms with van der Waals surface area (Å²) in [4.78, 5) is 2.67. The summed E-state index contributed by atoms with van der Waals surface area (Å²) < 4.78 is 2.46. The first kappa shape index (κ1) is 14.2. The molecule has 1 aromatic rings. The van der Waals surface area contributed by atoms with Crippen LogP contribution < -0.4 is 5.73 Å². The van der Waals surface area contributed by atoms with Gasteiger partial charge in [-0.15, -0.1) is 0 Å². The predicted octanol–water partition coefficient (Wildman–Crippen LogP) is 3.09. The zero-order valence-corrected chi connectivity index (χ0v) is 12.9. The first-order valence-corrected chi connectivity index (χ1v) is 8.43. The van der Waals surface area contributed by atoms with E-state index in [0.29, 0.717) is 0 Å². The number of aromatic nitrogens is 1. The molecule has 2 atom stereocenters. The molecule has 1 fully saturated rings. The van der Waals surface area contributed by atoms with Crippen LogP contribution in [0.15, 0.2) is 12.3 Å². The molecule has 1 aliphatic heterocycles. The maximum absolute atomic E-state index is 6.20. The first-order chi connectivity index (χ1) is 9.75. The summed E-state index contributed by atoms with van der Waals surface area (Å²) in [6.07, 6.45) is 11.3. The SMILES string of the molecule is CC1CCCCN1CCCn1ccc2c1CCCC2N. The Hall–Kier alpha value is -0.800. The number of aryl methyl sites for hydroxylation is 1. The van der Waals surface area contributed by atoms with Gasteiger partial charge in [-0.3, -0.25) is 0 Å². The van der Waals surface area contributed by atoms with Gasteiger partial charge in [-0.1, -0.05) is 6.42 Å². The number of piperidine rings is 1. The molecule has 3 nitrogen and oxygen atoms in total. The summed E-state index contributed by atoms with van der Waals surface area (Å²) >= 11 is 0. The molecule has 2 N–H and O–H groups in total. The van der Waals surface area contributed by atoms with Gasteiger partial charge in [0, 0.05) is 37.1 Å². The largest absolute Gasteiger partial charge is 0.351 e. The number of hydrogen-bond donors (Lipinski definition) is 1. The highest BCUT2D eigenvalue weighted by Crippen LogP contribution is 2.29. The zero-order chi connectivity index (χ0) is 13.9. The van der Waals surface area contributed by atoms with Crippen molar-refractivity contribution in [3.63, 3.8) is 0 Å². The minimum absolute atomic E-state index is 0.280. The summed E-state index contributed by atoms with van der Waals surface area (Å²) in [5.74, 6) is 0. The predicted molar refractivity (Wildman–Crippen MR) is 83.8 cm³/mol. The zero-order valence-electron chi connectivity index (χ0n) is 12.9. The minimum Gasteiger partial charge on any atom is -0.351 e. The van der Waals surface area contributed by atoms with Crippen LogP contribution in [0, 0.1) is 0 Å². The summed E-state index contributed by atoms with van der Waals surface area (Å²) in [6.45, 7) is 6.09. The molecular formula is C17H29N3. The lowest BCUT2D eigenvalue weighted by molar-refractivity contribution is 0.156. The van der Waals surface area contributed by atoms with Gasteiger partial charge >= 0.3 is 0 Å². The molecule has 2 heterocycles. The van der Waals surface area contributed by atoms with Crippen LogP contribution in [-0.4, -0.2) is 28.6 Å². The Morgan fingerprint density at radius 3 is 2.95 bits per heavy atom. The van der Waals surface area contributed by atoms with Gasteiger partial charge in [0.05, 0.1) is 0 Å². The van der Waals surface area contributed by atoms with Crippen LogP contribution in [0.2, 0.25) is 0 Å². The van der Waals surface area contributed by atoms with Crippen LogP contribution in [0.1, 0.15) is 62.7 Å². The lowest BCUT2D eigenvalue weighted by Gasteiger charge is -2.33. The monoisotopic (exact) mass is 275 g/mol. The lowest BCUT2D eigenvalue weighted by Crippen LogP contribution is -2.38. The average molecular weight is 275 g/mol. The second-order valence-corrected chi connectivity index (χ2v) is 6.64. The van der Waals surface area contributed by atoms with Gasteiger partial charge < -0.3 is 15.2 Å². The Morgan fingerprint density at radius 2 is 2.10 bits per heavy atom. The van der Waals surface area contributed by atoms with Crippen molar-refractivity contribution in [2.75, 3.05) is 13.1 Å². The van der Waals surface area contributed by atoms with Crippen molar-refractivity contribution in [2.45, 2.75) is 70.5 Å². The molecule has 0 saturated carbocycles. The fourth-order valence-corrected chi connectivity index (χ4v) is 3.94. The molecule has 3 rings (SSSR count). The van der Waals surface area contributed by atoms with Crippen molar-refractivity contribution >= 4 is 0 Å². The molecule has 1 aromatic heterocycles. The van der Waals surface area contributed by atoms with E-state index in [1.54, 1.807) is 0 Å². The third kappa shape index (κ3) is 2.94. The van der Waals surface area contributed by atoms with E-state index in [-0.39, 0.29) is 6.04 Å². The molecule has 2 unspecified atom stereocenters. The van der Waals surface area contributed by atoms with E-state index in [9.17, 15) is 0 Å². The highest BCUT2D eigenvalue weighted by atomic mass is 15.2. The second kappa shape index (κ2) is 6.31. The van der Waals surface area contributed by atoms with E-state index in [2.05, 4.69) is 28.7 Å². The van der Waals surface area contributed by atoms with Crippen LogP contribution >= 0.6 is 0 Å². The van der Waals surface area contributed by atoms with Crippen molar-refractivity contribution in [2.24, 2.45) is 5.73 Å². The van der Waals surface area contributed by atoms with Gasteiger partial charge in [0.1, 0.15) is 0 Å². The van der Waals surface area contributed by atoms with Crippen LogP contribution in [0.5, 0.6) is 0 Å². The average Bonchev–Trinajstić information content (AvgIpc) is 2.86. The molecule has 3 heteroatoms. The Bertz CT molecular complexity index is 437. The van der Waals surface area contributed by atoms with E-state index >= 15 is 0 Å². The fourth-order valence-electron chi connectivity index (χ4n) is 3.94. The van der Waals surface area contributed by atoms with Gasteiger partial charge in [0.25, 0.3) is 0 Å². The van der Waals surface area contributed by atoms with Gasteiger partial charge in [0.2, 0.25) is 0 Å². The van der Waals surface area contributed by atoms with E-state index < -0.39 is 0 Å². The summed E-state index contributed by atoms with van der Waals surface area (Å²) in [5, 5.41) is 0. The number of likely N-dealkylation sites (tertiary alicyclic amines) is 1. The molecular weight excluding hydrogens is 246 g/mol. The van der Waals surface area contributed by atoms with Gasteiger partial charge in [-0.25, -0.2) is 0 Å². The van der Waals surface area contributed by atoms with E-state index in [4.69, 9.17) is 5.73 Å². The topological polar surface area (TPSA) is 34.2 Å². The van der Waals surface area contributed by atoms with E-state index in [1.165, 1.54) is 62.9 Å². The Kier molecular flexibility index (Phi) is 4.47. The van der Waals surface area contributed by atoms with Crippen molar-refractivity contribution in [1.29, 1.82) is 0 Å². The van der Waals surface area contributed by atoms with E-state index in [0.717, 1.165) is 19.0 Å². The smallest absolute Gasteiger partial charge is 0.0312 e. The number of nitrogens with two attached hydrogens (primary N) is 1. The molecule has 0 spiro atoms. The fraction of sp³-hybridized carbons (Fsp3) is 0.765. The lowest BCUT2D eigenvalue weighted by atomic mass is 9.93. The molecule has 20 heavy (non-hydrogen) atoms. The normalized spacial score (nSPS) is 27.5. The molecule has 0 amide bonds. The summed E-state index contributed by atoms with van der Waals surface area (Å²) in [5.41, 5.74) is 9.12. The maximum atomic E-state index is 6.20. The Morgan fingerprint density at radius 1 is 1.20 bits per heavy atom. The van der Waals surface area contributed by atoms with Crippen molar-refractivity contribution in [1.82, 2.24) is 9.47 Å². The highest BCUT2D eigenvalue weighted by Gasteiger charge is 2.20. The molecule has 1 saturated heterocycles. The van der Waals surface area contributed by atoms with Crippen LogP contribution in [0.25, 0.3) is 0 Å². The first-order valence-electron chi connectivity index (χ1n) is 8.43. The molecule has 1 aliphatic carbocycles. The third-order valence-corrected chi connectivity index (χ3v) is 5.23. The number of fused-ring (bicyclic) bond motifs is 1. The van der Waals surface area contributed by atoms with Gasteiger partial charge in [-0.2, -0.15) is 0 Å². The van der Waals surface area contributed by atoms with Crippen molar-refractivity contribution in [3.05, 3.63) is 23.5 Å². The molecule has 0 bridgehead atoms. The molecule has 0 radical (unpaired) electrons. The number of rotatable bonds is 4. The van der Waals surface area contributed by atoms with Crippen molar-refractivity contribution < 1.29 is 0 Å². The maximum Gasteiger partial charge on any atom is 0.0312 e. The second-order valence-electron chi connectivity index (χ2n) is 6.64. The Balaban J connectivity index is 1.54. The highest BCUT2D eigenvalue weighted by molar-refractivity contribution is 5.28. The summed E-state index contributed by atoms with van der Waals surface area (Å²) in [7, 11) is 0. The molecule has 112 valence electrons. The van der Waals surface area contributed by atoms with Gasteiger partial charge in [0.15, 0.2) is 0 Å². The molecule has 2 aliphatic rings. The van der Waals surface area contributed by atoms with E-state index in [1.807, 2.05) is 0 Å². The van der Waals surface area contributed by atoms with Crippen LogP contribution in [0.3, 0.4) is 0 Å². The number of nitrogens with zero attached hydrogens (tertiary/aromatic N) is 2.